The number of amides is 2. The van der Waals surface area contributed by atoms with Crippen LogP contribution >= 0.6 is 0 Å². The third-order valence-electron chi connectivity index (χ3n) is 3.32. The summed E-state index contributed by atoms with van der Waals surface area (Å²) in [5, 5.41) is 9.00. The second kappa shape index (κ2) is 5.37. The standard InChI is InChI=1S/C12H20N2O4/c1-12(2,11(17)18)7-9(15)14-6-4-3-5-8(14)10(13)16/h8H,3-7H2,1-2H3,(H2,13,16)(H,17,18). The van der Waals surface area contributed by atoms with E-state index in [9.17, 15) is 14.4 Å². The molecular formula is C12H20N2O4. The topological polar surface area (TPSA) is 101 Å². The lowest BCUT2D eigenvalue weighted by atomic mass is 9.88. The van der Waals surface area contributed by atoms with Crippen LogP contribution in [0.15, 0.2) is 0 Å². The number of likely N-dealkylation sites (tertiary alicyclic amines) is 1. The number of carboxylic acid groups (broad SMARTS) is 1. The van der Waals surface area contributed by atoms with Crippen LogP contribution in [-0.4, -0.2) is 40.4 Å². The number of carbonyl (C=O) groups is 3. The SMILES string of the molecule is CC(C)(CC(=O)N1CCCCC1C(N)=O)C(=O)O. The van der Waals surface area contributed by atoms with Crippen molar-refractivity contribution in [1.82, 2.24) is 4.90 Å². The van der Waals surface area contributed by atoms with Crippen molar-refractivity contribution in [3.8, 4) is 0 Å². The van der Waals surface area contributed by atoms with E-state index in [0.717, 1.165) is 12.8 Å². The molecular weight excluding hydrogens is 236 g/mol. The van der Waals surface area contributed by atoms with Gasteiger partial charge in [-0.25, -0.2) is 0 Å². The molecule has 1 unspecified atom stereocenters. The Labute approximate surface area is 106 Å². The quantitative estimate of drug-likeness (QED) is 0.758. The first-order valence-corrected chi connectivity index (χ1v) is 6.08. The average molecular weight is 256 g/mol. The smallest absolute Gasteiger partial charge is 0.309 e. The minimum absolute atomic E-state index is 0.119. The highest BCUT2D eigenvalue weighted by Gasteiger charge is 2.36. The maximum absolute atomic E-state index is 12.1. The number of rotatable bonds is 4. The maximum Gasteiger partial charge on any atom is 0.309 e. The summed E-state index contributed by atoms with van der Waals surface area (Å²) in [5.74, 6) is -1.86. The van der Waals surface area contributed by atoms with Crippen molar-refractivity contribution in [1.29, 1.82) is 0 Å². The number of carbonyl (C=O) groups excluding carboxylic acids is 2. The van der Waals surface area contributed by atoms with E-state index in [1.807, 2.05) is 0 Å². The predicted octanol–water partition coefficient (Wildman–Crippen LogP) is 0.354. The van der Waals surface area contributed by atoms with Crippen molar-refractivity contribution in [3.05, 3.63) is 0 Å². The van der Waals surface area contributed by atoms with E-state index in [-0.39, 0.29) is 12.3 Å². The summed E-state index contributed by atoms with van der Waals surface area (Å²) in [7, 11) is 0. The summed E-state index contributed by atoms with van der Waals surface area (Å²) in [6.45, 7) is 3.47. The third kappa shape index (κ3) is 3.21. The van der Waals surface area contributed by atoms with Gasteiger partial charge in [0, 0.05) is 13.0 Å². The van der Waals surface area contributed by atoms with Crippen molar-refractivity contribution in [2.45, 2.75) is 45.6 Å². The Hall–Kier alpha value is -1.59. The van der Waals surface area contributed by atoms with Gasteiger partial charge in [-0.2, -0.15) is 0 Å². The van der Waals surface area contributed by atoms with Crippen LogP contribution < -0.4 is 5.73 Å². The summed E-state index contributed by atoms with van der Waals surface area (Å²) in [6.07, 6.45) is 2.13. The van der Waals surface area contributed by atoms with Gasteiger partial charge in [-0.1, -0.05) is 0 Å². The zero-order valence-corrected chi connectivity index (χ0v) is 10.8. The highest BCUT2D eigenvalue weighted by atomic mass is 16.4. The minimum atomic E-state index is -1.13. The van der Waals surface area contributed by atoms with Gasteiger partial charge in [0.05, 0.1) is 5.41 Å². The van der Waals surface area contributed by atoms with E-state index >= 15 is 0 Å². The molecule has 0 aromatic carbocycles. The lowest BCUT2D eigenvalue weighted by Gasteiger charge is -2.35. The molecule has 1 fully saturated rings. The van der Waals surface area contributed by atoms with Gasteiger partial charge >= 0.3 is 5.97 Å². The number of hydrogen-bond acceptors (Lipinski definition) is 3. The number of hydrogen-bond donors (Lipinski definition) is 2. The summed E-state index contributed by atoms with van der Waals surface area (Å²) >= 11 is 0. The molecule has 1 rings (SSSR count). The molecule has 1 aliphatic rings. The van der Waals surface area contributed by atoms with Gasteiger partial charge < -0.3 is 15.7 Å². The Morgan fingerprint density at radius 2 is 1.94 bits per heavy atom. The van der Waals surface area contributed by atoms with E-state index in [1.54, 1.807) is 0 Å². The van der Waals surface area contributed by atoms with Crippen LogP contribution in [0.5, 0.6) is 0 Å². The molecule has 1 aliphatic heterocycles. The van der Waals surface area contributed by atoms with Gasteiger partial charge in [0.25, 0.3) is 0 Å². The average Bonchev–Trinajstić information content (AvgIpc) is 2.28. The first-order valence-electron chi connectivity index (χ1n) is 6.08. The summed E-state index contributed by atoms with van der Waals surface area (Å²) < 4.78 is 0. The lowest BCUT2D eigenvalue weighted by Crippen LogP contribution is -2.51. The van der Waals surface area contributed by atoms with Gasteiger partial charge in [0.2, 0.25) is 11.8 Å². The molecule has 1 heterocycles. The van der Waals surface area contributed by atoms with E-state index in [2.05, 4.69) is 0 Å². The minimum Gasteiger partial charge on any atom is -0.481 e. The molecule has 0 saturated carbocycles. The van der Waals surface area contributed by atoms with E-state index in [0.29, 0.717) is 13.0 Å². The van der Waals surface area contributed by atoms with Crippen LogP contribution in [0.4, 0.5) is 0 Å². The van der Waals surface area contributed by atoms with Gasteiger partial charge in [0.1, 0.15) is 6.04 Å². The summed E-state index contributed by atoms with van der Waals surface area (Å²) in [5.41, 5.74) is 4.14. The number of nitrogens with zero attached hydrogens (tertiary/aromatic N) is 1. The normalized spacial score (nSPS) is 20.6. The molecule has 0 aliphatic carbocycles. The first kappa shape index (κ1) is 14.5. The molecule has 102 valence electrons. The van der Waals surface area contributed by atoms with Crippen LogP contribution in [-0.2, 0) is 14.4 Å². The van der Waals surface area contributed by atoms with Crippen LogP contribution in [0.1, 0.15) is 39.5 Å². The fraction of sp³-hybridized carbons (Fsp3) is 0.750. The van der Waals surface area contributed by atoms with Gasteiger partial charge in [-0.15, -0.1) is 0 Å². The lowest BCUT2D eigenvalue weighted by molar-refractivity contribution is -0.153. The molecule has 1 saturated heterocycles. The van der Waals surface area contributed by atoms with Crippen LogP contribution in [0.2, 0.25) is 0 Å². The molecule has 6 nitrogen and oxygen atoms in total. The molecule has 0 radical (unpaired) electrons. The van der Waals surface area contributed by atoms with Crippen LogP contribution in [0, 0.1) is 5.41 Å². The van der Waals surface area contributed by atoms with Crippen molar-refractivity contribution in [2.24, 2.45) is 11.1 Å². The van der Waals surface area contributed by atoms with Crippen molar-refractivity contribution in [3.63, 3.8) is 0 Å². The largest absolute Gasteiger partial charge is 0.481 e. The van der Waals surface area contributed by atoms with Crippen LogP contribution in [0.25, 0.3) is 0 Å². The van der Waals surface area contributed by atoms with Gasteiger partial charge in [-0.3, -0.25) is 14.4 Å². The number of carboxylic acids is 1. The number of primary amides is 1. The second-order valence-electron chi connectivity index (χ2n) is 5.37. The molecule has 3 N–H and O–H groups in total. The molecule has 0 spiro atoms. The number of piperidine rings is 1. The Kier molecular flexibility index (Phi) is 4.32. The predicted molar refractivity (Wildman–Crippen MR) is 64.6 cm³/mol. The van der Waals surface area contributed by atoms with Crippen LogP contribution in [0.3, 0.4) is 0 Å². The van der Waals surface area contributed by atoms with E-state index in [4.69, 9.17) is 10.8 Å². The fourth-order valence-corrected chi connectivity index (χ4v) is 2.08. The Morgan fingerprint density at radius 1 is 1.33 bits per heavy atom. The zero-order chi connectivity index (χ0) is 13.9. The molecule has 0 aromatic rings. The molecule has 2 amide bonds. The van der Waals surface area contributed by atoms with E-state index in [1.165, 1.54) is 18.7 Å². The molecule has 6 heteroatoms. The van der Waals surface area contributed by atoms with Crippen molar-refractivity contribution >= 4 is 17.8 Å². The number of nitrogens with two attached hydrogens (primary N) is 1. The van der Waals surface area contributed by atoms with Gasteiger partial charge in [0.15, 0.2) is 0 Å². The number of aliphatic carboxylic acids is 1. The highest BCUT2D eigenvalue weighted by Crippen LogP contribution is 2.25. The summed E-state index contributed by atoms with van der Waals surface area (Å²) in [6, 6.07) is -0.587. The Morgan fingerprint density at radius 3 is 2.44 bits per heavy atom. The van der Waals surface area contributed by atoms with Gasteiger partial charge in [-0.05, 0) is 33.1 Å². The molecule has 0 aromatic heterocycles. The van der Waals surface area contributed by atoms with E-state index < -0.39 is 23.3 Å². The van der Waals surface area contributed by atoms with Crippen molar-refractivity contribution in [2.75, 3.05) is 6.54 Å². The molecule has 1 atom stereocenters. The Balaban J connectivity index is 2.75. The fourth-order valence-electron chi connectivity index (χ4n) is 2.08. The second-order valence-corrected chi connectivity index (χ2v) is 5.37. The monoisotopic (exact) mass is 256 g/mol. The molecule has 18 heavy (non-hydrogen) atoms. The highest BCUT2D eigenvalue weighted by molar-refractivity contribution is 5.89. The Bertz CT molecular complexity index is 365. The third-order valence-corrected chi connectivity index (χ3v) is 3.32. The summed E-state index contributed by atoms with van der Waals surface area (Å²) in [4.78, 5) is 35.8. The molecule has 0 bridgehead atoms. The zero-order valence-electron chi connectivity index (χ0n) is 10.8. The first-order chi connectivity index (χ1) is 8.25. The maximum atomic E-state index is 12.1. The van der Waals surface area contributed by atoms with Crippen molar-refractivity contribution < 1.29 is 19.5 Å².